The molecule has 1 fully saturated rings. The quantitative estimate of drug-likeness (QED) is 0.877. The first-order valence-corrected chi connectivity index (χ1v) is 8.93. The van der Waals surface area contributed by atoms with Crippen LogP contribution in [-0.4, -0.2) is 34.8 Å². The minimum Gasteiger partial charge on any atom is -0.439 e. The van der Waals surface area contributed by atoms with Crippen molar-refractivity contribution < 1.29 is 18.7 Å². The number of carbonyl (C=O) groups is 2. The molecule has 0 aliphatic carbocycles. The van der Waals surface area contributed by atoms with Crippen LogP contribution in [0.25, 0.3) is 0 Å². The molecule has 1 aromatic heterocycles. The molecule has 1 aliphatic rings. The summed E-state index contributed by atoms with van der Waals surface area (Å²) in [6.07, 6.45) is 3.23. The number of aromatic nitrogens is 1. The summed E-state index contributed by atoms with van der Waals surface area (Å²) in [6.45, 7) is 3.07. The molecule has 27 heavy (non-hydrogen) atoms. The van der Waals surface area contributed by atoms with Crippen molar-refractivity contribution in [2.24, 2.45) is 5.92 Å². The number of benzene rings is 1. The molecule has 7 heteroatoms. The second-order valence-corrected chi connectivity index (χ2v) is 6.59. The zero-order valence-electron chi connectivity index (χ0n) is 15.2. The van der Waals surface area contributed by atoms with E-state index < -0.39 is 0 Å². The molecule has 6 nitrogen and oxygen atoms in total. The third-order valence-corrected chi connectivity index (χ3v) is 4.52. The van der Waals surface area contributed by atoms with E-state index in [1.807, 2.05) is 0 Å². The van der Waals surface area contributed by atoms with Gasteiger partial charge in [0.15, 0.2) is 0 Å². The predicted molar refractivity (Wildman–Crippen MR) is 97.5 cm³/mol. The predicted octanol–water partition coefficient (Wildman–Crippen LogP) is 2.89. The zero-order chi connectivity index (χ0) is 19.2. The molecule has 142 valence electrons. The number of hydrogen-bond acceptors (Lipinski definition) is 4. The highest BCUT2D eigenvalue weighted by Crippen LogP contribution is 2.20. The number of hydrogen-bond donors (Lipinski definition) is 1. The maximum Gasteiger partial charge on any atom is 0.225 e. The number of amides is 2. The molecule has 0 unspecified atom stereocenters. The third-order valence-electron chi connectivity index (χ3n) is 4.52. The van der Waals surface area contributed by atoms with Gasteiger partial charge >= 0.3 is 0 Å². The molecular formula is C20H22FN3O3. The highest BCUT2D eigenvalue weighted by atomic mass is 19.1. The number of nitrogens with one attached hydrogen (secondary N) is 1. The van der Waals surface area contributed by atoms with E-state index in [-0.39, 0.29) is 23.5 Å². The summed E-state index contributed by atoms with van der Waals surface area (Å²) in [5.74, 6) is 0.117. The van der Waals surface area contributed by atoms with Crippen LogP contribution in [0, 0.1) is 11.7 Å². The smallest absolute Gasteiger partial charge is 0.225 e. The van der Waals surface area contributed by atoms with Gasteiger partial charge in [-0.3, -0.25) is 9.59 Å². The molecule has 1 atom stereocenters. The van der Waals surface area contributed by atoms with Gasteiger partial charge in [-0.1, -0.05) is 12.1 Å². The Labute approximate surface area is 157 Å². The number of nitrogens with zero attached hydrogens (tertiary/aromatic N) is 2. The second-order valence-electron chi connectivity index (χ2n) is 6.59. The average Bonchev–Trinajstić information content (AvgIpc) is 2.67. The molecule has 1 aromatic carbocycles. The van der Waals surface area contributed by atoms with E-state index in [4.69, 9.17) is 4.74 Å². The number of likely N-dealkylation sites (tertiary alicyclic amines) is 1. The number of ether oxygens (including phenoxy) is 1. The lowest BCUT2D eigenvalue weighted by Crippen LogP contribution is -2.44. The molecule has 2 aromatic rings. The van der Waals surface area contributed by atoms with Gasteiger partial charge in [-0.05, 0) is 30.5 Å². The van der Waals surface area contributed by atoms with Crippen LogP contribution in [0.1, 0.15) is 25.3 Å². The summed E-state index contributed by atoms with van der Waals surface area (Å²) in [5.41, 5.74) is 0.828. The maximum atomic E-state index is 13.2. The first-order chi connectivity index (χ1) is 13.0. The van der Waals surface area contributed by atoms with Gasteiger partial charge in [-0.15, -0.1) is 0 Å². The van der Waals surface area contributed by atoms with E-state index >= 15 is 0 Å². The van der Waals surface area contributed by atoms with Gasteiger partial charge in [0, 0.05) is 44.9 Å². The third kappa shape index (κ3) is 5.26. The van der Waals surface area contributed by atoms with Crippen molar-refractivity contribution in [1.29, 1.82) is 0 Å². The van der Waals surface area contributed by atoms with E-state index in [9.17, 15) is 14.0 Å². The van der Waals surface area contributed by atoms with Gasteiger partial charge in [-0.25, -0.2) is 9.37 Å². The van der Waals surface area contributed by atoms with Crippen LogP contribution in [0.2, 0.25) is 0 Å². The van der Waals surface area contributed by atoms with Crippen molar-refractivity contribution in [1.82, 2.24) is 15.2 Å². The fourth-order valence-electron chi connectivity index (χ4n) is 3.04. The van der Waals surface area contributed by atoms with Crippen molar-refractivity contribution in [3.63, 3.8) is 0 Å². The van der Waals surface area contributed by atoms with Gasteiger partial charge < -0.3 is 15.0 Å². The van der Waals surface area contributed by atoms with Gasteiger partial charge in [-0.2, -0.15) is 0 Å². The average molecular weight is 371 g/mol. The molecule has 0 saturated carbocycles. The molecule has 0 bridgehead atoms. The Morgan fingerprint density at radius 1 is 1.33 bits per heavy atom. The summed E-state index contributed by atoms with van der Waals surface area (Å²) in [5, 5.41) is 2.90. The maximum absolute atomic E-state index is 13.2. The molecule has 1 aliphatic heterocycles. The van der Waals surface area contributed by atoms with Crippen molar-refractivity contribution in [3.8, 4) is 11.6 Å². The van der Waals surface area contributed by atoms with E-state index in [0.29, 0.717) is 24.7 Å². The van der Waals surface area contributed by atoms with Gasteiger partial charge in [0.05, 0.1) is 5.92 Å². The molecular weight excluding hydrogens is 349 g/mol. The Kier molecular flexibility index (Phi) is 6.01. The van der Waals surface area contributed by atoms with E-state index in [0.717, 1.165) is 24.9 Å². The standard InChI is InChI=1S/C20H22FN3O3/c1-14(25)24-9-3-4-16(13-24)20(26)23-12-15-7-8-19(22-11-15)27-18-6-2-5-17(21)10-18/h2,5-8,10-11,16H,3-4,9,12-13H2,1H3,(H,23,26)/t16-/m1/s1. The monoisotopic (exact) mass is 371 g/mol. The van der Waals surface area contributed by atoms with Crippen LogP contribution in [-0.2, 0) is 16.1 Å². The lowest BCUT2D eigenvalue weighted by Gasteiger charge is -2.31. The van der Waals surface area contributed by atoms with Crippen LogP contribution >= 0.6 is 0 Å². The Morgan fingerprint density at radius 3 is 2.89 bits per heavy atom. The fourth-order valence-corrected chi connectivity index (χ4v) is 3.04. The Bertz CT molecular complexity index is 810. The number of carbonyl (C=O) groups excluding carboxylic acids is 2. The lowest BCUT2D eigenvalue weighted by atomic mass is 9.97. The summed E-state index contributed by atoms with van der Waals surface area (Å²) in [6, 6.07) is 9.30. The Hall–Kier alpha value is -2.96. The molecule has 2 heterocycles. The van der Waals surface area contributed by atoms with Crippen molar-refractivity contribution in [3.05, 3.63) is 54.0 Å². The fraction of sp³-hybridized carbons (Fsp3) is 0.350. The van der Waals surface area contributed by atoms with Crippen molar-refractivity contribution in [2.75, 3.05) is 13.1 Å². The molecule has 1 saturated heterocycles. The Morgan fingerprint density at radius 2 is 2.19 bits per heavy atom. The number of halogens is 1. The minimum absolute atomic E-state index is 0.00517. The highest BCUT2D eigenvalue weighted by molar-refractivity contribution is 5.80. The van der Waals surface area contributed by atoms with Crippen molar-refractivity contribution >= 4 is 11.8 Å². The summed E-state index contributed by atoms with van der Waals surface area (Å²) >= 11 is 0. The van der Waals surface area contributed by atoms with Crippen LogP contribution in [0.15, 0.2) is 42.6 Å². The Balaban J connectivity index is 1.51. The summed E-state index contributed by atoms with van der Waals surface area (Å²) < 4.78 is 18.7. The zero-order valence-corrected chi connectivity index (χ0v) is 15.2. The second kappa shape index (κ2) is 8.62. The molecule has 2 amide bonds. The number of piperidine rings is 1. The van der Waals surface area contributed by atoms with E-state index in [1.165, 1.54) is 19.1 Å². The van der Waals surface area contributed by atoms with Crippen LogP contribution < -0.4 is 10.1 Å². The summed E-state index contributed by atoms with van der Waals surface area (Å²) in [7, 11) is 0. The van der Waals surface area contributed by atoms with Crippen molar-refractivity contribution in [2.45, 2.75) is 26.3 Å². The largest absolute Gasteiger partial charge is 0.439 e. The van der Waals surface area contributed by atoms with Crippen LogP contribution in [0.4, 0.5) is 4.39 Å². The highest BCUT2D eigenvalue weighted by Gasteiger charge is 2.26. The van der Waals surface area contributed by atoms with Crippen LogP contribution in [0.5, 0.6) is 11.6 Å². The molecule has 0 radical (unpaired) electrons. The SMILES string of the molecule is CC(=O)N1CCC[C@@H](C(=O)NCc2ccc(Oc3cccc(F)c3)nc2)C1. The first kappa shape index (κ1) is 18.8. The lowest BCUT2D eigenvalue weighted by molar-refractivity contribution is -0.134. The summed E-state index contributed by atoms with van der Waals surface area (Å²) in [4.78, 5) is 29.7. The molecule has 1 N–H and O–H groups in total. The van der Waals surface area contributed by atoms with Gasteiger partial charge in [0.2, 0.25) is 17.7 Å². The molecule has 3 rings (SSSR count). The number of rotatable bonds is 5. The van der Waals surface area contributed by atoms with Gasteiger partial charge in [0.1, 0.15) is 11.6 Å². The molecule has 0 spiro atoms. The topological polar surface area (TPSA) is 71.5 Å². The first-order valence-electron chi connectivity index (χ1n) is 8.93. The van der Waals surface area contributed by atoms with E-state index in [1.54, 1.807) is 35.4 Å². The number of pyridine rings is 1. The van der Waals surface area contributed by atoms with Crippen LogP contribution in [0.3, 0.4) is 0 Å². The van der Waals surface area contributed by atoms with E-state index in [2.05, 4.69) is 10.3 Å². The van der Waals surface area contributed by atoms with Gasteiger partial charge in [0.25, 0.3) is 0 Å². The normalized spacial score (nSPS) is 16.7. The minimum atomic E-state index is -0.377.